The summed E-state index contributed by atoms with van der Waals surface area (Å²) in [4.78, 5) is 11.6. The molecule has 0 saturated carbocycles. The molecule has 0 spiro atoms. The molecule has 0 fully saturated rings. The lowest BCUT2D eigenvalue weighted by Gasteiger charge is -2.07. The number of benzene rings is 1. The Morgan fingerprint density at radius 2 is 2.18 bits per heavy atom. The van der Waals surface area contributed by atoms with Crippen LogP contribution in [0.1, 0.15) is 17.3 Å². The van der Waals surface area contributed by atoms with Gasteiger partial charge in [0.15, 0.2) is 5.78 Å². The molecule has 1 atom stereocenters. The van der Waals surface area contributed by atoms with Crippen LogP contribution in [-0.2, 0) is 0 Å². The van der Waals surface area contributed by atoms with Crippen molar-refractivity contribution in [2.75, 3.05) is 18.1 Å². The first-order chi connectivity index (χ1) is 8.04. The van der Waals surface area contributed by atoms with Gasteiger partial charge in [-0.25, -0.2) is 8.78 Å². The number of ketones is 1. The minimum atomic E-state index is -0.702. The van der Waals surface area contributed by atoms with E-state index in [9.17, 15) is 13.6 Å². The molecule has 5 heteroatoms. The zero-order valence-electron chi connectivity index (χ0n) is 9.45. The Morgan fingerprint density at radius 1 is 1.47 bits per heavy atom. The summed E-state index contributed by atoms with van der Waals surface area (Å²) in [6, 6.07) is 2.84. The van der Waals surface area contributed by atoms with Gasteiger partial charge in [0, 0.05) is 6.61 Å². The average Bonchev–Trinajstić information content (AvgIpc) is 2.31. The summed E-state index contributed by atoms with van der Waals surface area (Å²) in [7, 11) is 0. The molecule has 1 aromatic rings. The van der Waals surface area contributed by atoms with Crippen LogP contribution in [0.2, 0.25) is 0 Å². The van der Waals surface area contributed by atoms with Gasteiger partial charge in [-0.2, -0.15) is 11.8 Å². The molecule has 0 bridgehead atoms. The van der Waals surface area contributed by atoms with Crippen molar-refractivity contribution < 1.29 is 18.7 Å². The van der Waals surface area contributed by atoms with Gasteiger partial charge >= 0.3 is 0 Å². The summed E-state index contributed by atoms with van der Waals surface area (Å²) in [6.07, 6.45) is 0. The van der Waals surface area contributed by atoms with Gasteiger partial charge in [-0.15, -0.1) is 0 Å². The second-order valence-corrected chi connectivity index (χ2v) is 4.88. The predicted molar refractivity (Wildman–Crippen MR) is 64.3 cm³/mol. The second-order valence-electron chi connectivity index (χ2n) is 3.85. The Morgan fingerprint density at radius 3 is 2.82 bits per heavy atom. The maximum Gasteiger partial charge on any atom is 0.175 e. The molecule has 1 rings (SSSR count). The van der Waals surface area contributed by atoms with E-state index in [1.54, 1.807) is 0 Å². The van der Waals surface area contributed by atoms with E-state index in [2.05, 4.69) is 0 Å². The summed E-state index contributed by atoms with van der Waals surface area (Å²) in [5.41, 5.74) is -0.214. The molecule has 0 aliphatic heterocycles. The van der Waals surface area contributed by atoms with Gasteiger partial charge in [0.2, 0.25) is 0 Å². The molecule has 1 N–H and O–H groups in total. The molecule has 0 amide bonds. The molecule has 1 unspecified atom stereocenters. The minimum Gasteiger partial charge on any atom is -0.396 e. The molecule has 94 valence electrons. The van der Waals surface area contributed by atoms with Gasteiger partial charge in [0.05, 0.1) is 11.3 Å². The molecule has 0 saturated heterocycles. The highest BCUT2D eigenvalue weighted by molar-refractivity contribution is 7.99. The van der Waals surface area contributed by atoms with Gasteiger partial charge in [0.1, 0.15) is 11.6 Å². The van der Waals surface area contributed by atoms with E-state index in [1.165, 1.54) is 11.8 Å². The van der Waals surface area contributed by atoms with Crippen LogP contribution in [-0.4, -0.2) is 29.0 Å². The van der Waals surface area contributed by atoms with Gasteiger partial charge in [-0.05, 0) is 29.9 Å². The highest BCUT2D eigenvalue weighted by Crippen LogP contribution is 2.15. The molecule has 2 nitrogen and oxygen atoms in total. The van der Waals surface area contributed by atoms with Gasteiger partial charge in [-0.3, -0.25) is 4.79 Å². The number of rotatable bonds is 6. The summed E-state index contributed by atoms with van der Waals surface area (Å²) in [5.74, 6) is -0.970. The van der Waals surface area contributed by atoms with Crippen molar-refractivity contribution in [3.63, 3.8) is 0 Å². The summed E-state index contributed by atoms with van der Waals surface area (Å²) < 4.78 is 26.1. The van der Waals surface area contributed by atoms with Crippen molar-refractivity contribution in [1.82, 2.24) is 0 Å². The van der Waals surface area contributed by atoms with Crippen LogP contribution in [0.5, 0.6) is 0 Å². The molecule has 0 aromatic heterocycles. The smallest absolute Gasteiger partial charge is 0.175 e. The van der Waals surface area contributed by atoms with E-state index in [4.69, 9.17) is 5.11 Å². The van der Waals surface area contributed by atoms with Crippen LogP contribution in [0.15, 0.2) is 18.2 Å². The van der Waals surface area contributed by atoms with E-state index in [0.29, 0.717) is 5.75 Å². The normalized spacial score (nSPS) is 12.5. The van der Waals surface area contributed by atoms with E-state index >= 15 is 0 Å². The molecule has 0 heterocycles. The Labute approximate surface area is 103 Å². The lowest BCUT2D eigenvalue weighted by Crippen LogP contribution is -2.09. The van der Waals surface area contributed by atoms with Crippen LogP contribution in [0.4, 0.5) is 8.78 Å². The van der Waals surface area contributed by atoms with Crippen molar-refractivity contribution in [1.29, 1.82) is 0 Å². The molecule has 17 heavy (non-hydrogen) atoms. The number of thioether (sulfide) groups is 1. The van der Waals surface area contributed by atoms with Crippen molar-refractivity contribution in [3.8, 4) is 0 Å². The number of halogens is 2. The predicted octanol–water partition coefficient (Wildman–Crippen LogP) is 2.51. The average molecular weight is 260 g/mol. The van der Waals surface area contributed by atoms with E-state index in [1.807, 2.05) is 6.92 Å². The van der Waals surface area contributed by atoms with Crippen LogP contribution < -0.4 is 0 Å². The van der Waals surface area contributed by atoms with Crippen molar-refractivity contribution in [3.05, 3.63) is 35.4 Å². The topological polar surface area (TPSA) is 37.3 Å². The van der Waals surface area contributed by atoms with Crippen LogP contribution >= 0.6 is 11.8 Å². The molecular formula is C12H14F2O2S. The minimum absolute atomic E-state index is 0.0511. The number of aliphatic hydroxyl groups excluding tert-OH is 1. The Kier molecular flexibility index (Phi) is 5.58. The molecule has 0 aliphatic carbocycles. The third-order valence-corrected chi connectivity index (χ3v) is 3.45. The highest BCUT2D eigenvalue weighted by Gasteiger charge is 2.13. The van der Waals surface area contributed by atoms with Crippen molar-refractivity contribution >= 4 is 17.5 Å². The van der Waals surface area contributed by atoms with Crippen molar-refractivity contribution in [2.24, 2.45) is 5.92 Å². The number of Topliss-reactive ketones (excluding diaryl/α,β-unsaturated/α-hetero) is 1. The first-order valence-electron chi connectivity index (χ1n) is 5.21. The fraction of sp³-hybridized carbons (Fsp3) is 0.417. The third kappa shape index (κ3) is 4.44. The Bertz CT molecular complexity index is 396. The Hall–Kier alpha value is -0.940. The zero-order valence-corrected chi connectivity index (χ0v) is 10.3. The molecule has 0 radical (unpaired) electrons. The van der Waals surface area contributed by atoms with Gasteiger partial charge in [-0.1, -0.05) is 6.92 Å². The van der Waals surface area contributed by atoms with Crippen LogP contribution in [0, 0.1) is 17.6 Å². The SMILES string of the molecule is CC(CO)CSCC(=O)c1cc(F)ccc1F. The molecular weight excluding hydrogens is 246 g/mol. The number of aliphatic hydroxyl groups is 1. The lowest BCUT2D eigenvalue weighted by atomic mass is 10.1. The largest absolute Gasteiger partial charge is 0.396 e. The lowest BCUT2D eigenvalue weighted by molar-refractivity contribution is 0.101. The van der Waals surface area contributed by atoms with Crippen LogP contribution in [0.25, 0.3) is 0 Å². The number of hydrogen-bond donors (Lipinski definition) is 1. The number of carbonyl (C=O) groups excluding carboxylic acids is 1. The number of carbonyl (C=O) groups is 1. The second kappa shape index (κ2) is 6.71. The standard InChI is InChI=1S/C12H14F2O2S/c1-8(5-15)6-17-7-12(16)10-4-9(13)2-3-11(10)14/h2-4,8,15H,5-7H2,1H3. The monoisotopic (exact) mass is 260 g/mol. The highest BCUT2D eigenvalue weighted by atomic mass is 32.2. The van der Waals surface area contributed by atoms with E-state index in [0.717, 1.165) is 18.2 Å². The third-order valence-electron chi connectivity index (χ3n) is 2.18. The number of hydrogen-bond acceptors (Lipinski definition) is 3. The summed E-state index contributed by atoms with van der Waals surface area (Å²) in [5, 5.41) is 8.79. The summed E-state index contributed by atoms with van der Waals surface area (Å²) >= 11 is 1.30. The zero-order chi connectivity index (χ0) is 12.8. The fourth-order valence-corrected chi connectivity index (χ4v) is 2.16. The van der Waals surface area contributed by atoms with Gasteiger partial charge in [0.25, 0.3) is 0 Å². The van der Waals surface area contributed by atoms with E-state index in [-0.39, 0.29) is 23.8 Å². The first-order valence-corrected chi connectivity index (χ1v) is 6.37. The fourth-order valence-electron chi connectivity index (χ4n) is 1.19. The van der Waals surface area contributed by atoms with Crippen molar-refractivity contribution in [2.45, 2.75) is 6.92 Å². The Balaban J connectivity index is 2.55. The van der Waals surface area contributed by atoms with E-state index < -0.39 is 17.4 Å². The van der Waals surface area contributed by atoms with Crippen LogP contribution in [0.3, 0.4) is 0 Å². The maximum atomic E-state index is 13.2. The van der Waals surface area contributed by atoms with Gasteiger partial charge < -0.3 is 5.11 Å². The maximum absolute atomic E-state index is 13.2. The molecule has 0 aliphatic rings. The quantitative estimate of drug-likeness (QED) is 0.799. The summed E-state index contributed by atoms with van der Waals surface area (Å²) in [6.45, 7) is 1.90. The first kappa shape index (κ1) is 14.1. The molecule has 1 aromatic carbocycles.